The van der Waals surface area contributed by atoms with Gasteiger partial charge in [-0.05, 0) is 67.8 Å². The van der Waals surface area contributed by atoms with Gasteiger partial charge in [0.25, 0.3) is 0 Å². The van der Waals surface area contributed by atoms with Gasteiger partial charge < -0.3 is 11.1 Å². The van der Waals surface area contributed by atoms with E-state index < -0.39 is 0 Å². The Morgan fingerprint density at radius 2 is 2.12 bits per heavy atom. The number of aliphatic imine (C=N–C) groups is 1. The molecule has 0 aromatic heterocycles. The zero-order chi connectivity index (χ0) is 16.6. The van der Waals surface area contributed by atoms with Crippen molar-refractivity contribution in [3.63, 3.8) is 0 Å². The molecule has 3 aliphatic rings. The van der Waals surface area contributed by atoms with Gasteiger partial charge in [0, 0.05) is 17.5 Å². The molecule has 2 atom stereocenters. The molecule has 24 heavy (non-hydrogen) atoms. The third-order valence-electron chi connectivity index (χ3n) is 5.17. The maximum Gasteiger partial charge on any atom is 0.171 e. The van der Waals surface area contributed by atoms with E-state index in [1.165, 1.54) is 5.57 Å². The predicted molar refractivity (Wildman–Crippen MR) is 96.8 cm³/mol. The molecule has 0 radical (unpaired) electrons. The maximum atomic E-state index is 12.9. The molecule has 4 heteroatoms. The minimum Gasteiger partial charge on any atom is -0.399 e. The Bertz CT molecular complexity index is 786. The van der Waals surface area contributed by atoms with E-state index >= 15 is 0 Å². The van der Waals surface area contributed by atoms with E-state index in [1.807, 2.05) is 18.5 Å². The highest BCUT2D eigenvalue weighted by atomic mass is 16.1. The Hall–Kier alpha value is -2.62. The Labute approximate surface area is 141 Å². The molecular formula is C20H21N3O. The number of dihydropyridines is 1. The molecule has 2 aliphatic heterocycles. The summed E-state index contributed by atoms with van der Waals surface area (Å²) in [6, 6.07) is 7.14. The highest BCUT2D eigenvalue weighted by molar-refractivity contribution is 6.07. The SMILES string of the molecule is Nc1ccc(C(=O)C2C=NC3=CCCCC34NC=CC=C4C2)cc1. The maximum absolute atomic E-state index is 12.9. The van der Waals surface area contributed by atoms with Gasteiger partial charge in [0.15, 0.2) is 5.78 Å². The normalized spacial score (nSPS) is 27.9. The zero-order valence-corrected chi connectivity index (χ0v) is 13.5. The number of allylic oxidation sites excluding steroid dienone is 3. The van der Waals surface area contributed by atoms with Crippen LogP contribution in [0.15, 0.2) is 65.0 Å². The molecule has 4 nitrogen and oxygen atoms in total. The second-order valence-electron chi connectivity index (χ2n) is 6.66. The number of anilines is 1. The number of hydrogen-bond donors (Lipinski definition) is 2. The molecule has 2 heterocycles. The number of carbonyl (C=O) groups excluding carboxylic acids is 1. The van der Waals surface area contributed by atoms with E-state index in [0.717, 1.165) is 25.0 Å². The van der Waals surface area contributed by atoms with Crippen LogP contribution in [0.4, 0.5) is 5.69 Å². The first-order valence-electron chi connectivity index (χ1n) is 8.47. The van der Waals surface area contributed by atoms with Crippen LogP contribution in [0.2, 0.25) is 0 Å². The van der Waals surface area contributed by atoms with E-state index in [-0.39, 0.29) is 17.2 Å². The Kier molecular flexibility index (Phi) is 3.60. The molecule has 4 rings (SSSR count). The fraction of sp³-hybridized carbons (Fsp3) is 0.300. The van der Waals surface area contributed by atoms with Crippen LogP contribution in [0.1, 0.15) is 36.0 Å². The molecule has 2 unspecified atom stereocenters. The number of Topliss-reactive ketones (excluding diaryl/α,β-unsaturated/α-hetero) is 1. The lowest BCUT2D eigenvalue weighted by atomic mass is 9.74. The number of ketones is 1. The number of nitrogens with zero attached hydrogens (tertiary/aromatic N) is 1. The molecule has 0 fully saturated rings. The first-order chi connectivity index (χ1) is 11.7. The van der Waals surface area contributed by atoms with Crippen molar-refractivity contribution in [2.45, 2.75) is 31.2 Å². The summed E-state index contributed by atoms with van der Waals surface area (Å²) in [6.07, 6.45) is 14.1. The first kappa shape index (κ1) is 14.9. The van der Waals surface area contributed by atoms with Gasteiger partial charge in [-0.25, -0.2) is 0 Å². The number of carbonyl (C=O) groups is 1. The van der Waals surface area contributed by atoms with Crippen LogP contribution in [0.25, 0.3) is 0 Å². The topological polar surface area (TPSA) is 67.5 Å². The van der Waals surface area contributed by atoms with E-state index in [4.69, 9.17) is 10.7 Å². The highest BCUT2D eigenvalue weighted by Crippen LogP contribution is 2.42. The minimum atomic E-state index is -0.239. The van der Waals surface area contributed by atoms with E-state index in [1.54, 1.807) is 24.3 Å². The van der Waals surface area contributed by atoms with Crippen LogP contribution >= 0.6 is 0 Å². The molecule has 0 bridgehead atoms. The lowest BCUT2D eigenvalue weighted by Crippen LogP contribution is -2.47. The number of hydrogen-bond acceptors (Lipinski definition) is 4. The van der Waals surface area contributed by atoms with Crippen molar-refractivity contribution in [3.8, 4) is 0 Å². The van der Waals surface area contributed by atoms with Crippen LogP contribution in [0, 0.1) is 5.92 Å². The van der Waals surface area contributed by atoms with Gasteiger partial charge in [0.2, 0.25) is 0 Å². The lowest BCUT2D eigenvalue weighted by Gasteiger charge is -2.40. The smallest absolute Gasteiger partial charge is 0.171 e. The van der Waals surface area contributed by atoms with Crippen molar-refractivity contribution in [1.29, 1.82) is 0 Å². The van der Waals surface area contributed by atoms with Crippen LogP contribution in [-0.4, -0.2) is 17.5 Å². The van der Waals surface area contributed by atoms with Gasteiger partial charge in [0.1, 0.15) is 5.54 Å². The summed E-state index contributed by atoms with van der Waals surface area (Å²) in [5.41, 5.74) is 9.16. The van der Waals surface area contributed by atoms with Crippen LogP contribution in [0.3, 0.4) is 0 Å². The second kappa shape index (κ2) is 5.78. The summed E-state index contributed by atoms with van der Waals surface area (Å²) < 4.78 is 0. The molecule has 1 aromatic carbocycles. The van der Waals surface area contributed by atoms with Crippen molar-refractivity contribution in [2.75, 3.05) is 5.73 Å². The van der Waals surface area contributed by atoms with Crippen LogP contribution < -0.4 is 11.1 Å². The monoisotopic (exact) mass is 319 g/mol. The van der Waals surface area contributed by atoms with Crippen molar-refractivity contribution >= 4 is 17.7 Å². The molecular weight excluding hydrogens is 298 g/mol. The number of rotatable bonds is 2. The Morgan fingerprint density at radius 1 is 1.29 bits per heavy atom. The van der Waals surface area contributed by atoms with Crippen LogP contribution in [0.5, 0.6) is 0 Å². The van der Waals surface area contributed by atoms with E-state index in [2.05, 4.69) is 17.5 Å². The summed E-state index contributed by atoms with van der Waals surface area (Å²) in [6.45, 7) is 0. The summed E-state index contributed by atoms with van der Waals surface area (Å²) in [5, 5.41) is 3.52. The fourth-order valence-corrected chi connectivity index (χ4v) is 3.86. The van der Waals surface area contributed by atoms with Crippen molar-refractivity contribution < 1.29 is 4.79 Å². The predicted octanol–water partition coefficient (Wildman–Crippen LogP) is 3.39. The molecule has 0 amide bonds. The molecule has 122 valence electrons. The third kappa shape index (κ3) is 2.39. The molecule has 1 aromatic rings. The van der Waals surface area contributed by atoms with Crippen molar-refractivity contribution in [1.82, 2.24) is 5.32 Å². The zero-order valence-electron chi connectivity index (χ0n) is 13.5. The number of benzene rings is 1. The minimum absolute atomic E-state index is 0.101. The average Bonchev–Trinajstić information content (AvgIpc) is 2.78. The molecule has 0 saturated carbocycles. The molecule has 1 aliphatic carbocycles. The van der Waals surface area contributed by atoms with Crippen molar-refractivity contribution in [3.05, 3.63) is 65.5 Å². The summed E-state index contributed by atoms with van der Waals surface area (Å²) in [4.78, 5) is 17.6. The summed E-state index contributed by atoms with van der Waals surface area (Å²) >= 11 is 0. The van der Waals surface area contributed by atoms with Gasteiger partial charge >= 0.3 is 0 Å². The number of nitrogens with one attached hydrogen (secondary N) is 1. The first-order valence-corrected chi connectivity index (χ1v) is 8.47. The average molecular weight is 319 g/mol. The van der Waals surface area contributed by atoms with Crippen LogP contribution in [-0.2, 0) is 0 Å². The van der Waals surface area contributed by atoms with Gasteiger partial charge in [-0.2, -0.15) is 0 Å². The Balaban J connectivity index is 1.70. The van der Waals surface area contributed by atoms with Crippen molar-refractivity contribution in [2.24, 2.45) is 10.9 Å². The van der Waals surface area contributed by atoms with E-state index in [0.29, 0.717) is 17.7 Å². The van der Waals surface area contributed by atoms with Gasteiger partial charge in [0.05, 0.1) is 11.6 Å². The summed E-state index contributed by atoms with van der Waals surface area (Å²) in [5.74, 6) is -0.139. The number of nitrogen functional groups attached to an aromatic ring is 1. The molecule has 0 saturated heterocycles. The quantitative estimate of drug-likeness (QED) is 0.648. The van der Waals surface area contributed by atoms with Gasteiger partial charge in [-0.15, -0.1) is 0 Å². The lowest BCUT2D eigenvalue weighted by molar-refractivity contribution is 0.0955. The second-order valence-corrected chi connectivity index (χ2v) is 6.66. The Morgan fingerprint density at radius 3 is 2.96 bits per heavy atom. The molecule has 3 N–H and O–H groups in total. The largest absolute Gasteiger partial charge is 0.399 e. The standard InChI is InChI=1S/C20H21N3O/c21-17-8-6-14(7-9-17)19(24)15-12-16-4-3-11-23-20(16)10-2-1-5-18(20)22-13-15/h3-9,11,13,15,23H,1-2,10,12,21H2. The van der Waals surface area contributed by atoms with Gasteiger partial charge in [-0.3, -0.25) is 9.79 Å². The molecule has 1 spiro atoms. The number of nitrogens with two attached hydrogens (primary N) is 1. The fourth-order valence-electron chi connectivity index (χ4n) is 3.86. The highest BCUT2D eigenvalue weighted by Gasteiger charge is 2.42. The summed E-state index contributed by atoms with van der Waals surface area (Å²) in [7, 11) is 0. The third-order valence-corrected chi connectivity index (χ3v) is 5.17. The van der Waals surface area contributed by atoms with Gasteiger partial charge in [-0.1, -0.05) is 12.2 Å². The van der Waals surface area contributed by atoms with E-state index in [9.17, 15) is 4.79 Å².